The second kappa shape index (κ2) is 6.98. The molecule has 0 atom stereocenters. The van der Waals surface area contributed by atoms with Gasteiger partial charge < -0.3 is 4.74 Å². The number of aromatic nitrogens is 2. The molecule has 0 saturated carbocycles. The van der Waals surface area contributed by atoms with E-state index < -0.39 is 0 Å². The Labute approximate surface area is 155 Å². The quantitative estimate of drug-likeness (QED) is 0.527. The van der Waals surface area contributed by atoms with E-state index in [9.17, 15) is 0 Å². The Morgan fingerprint density at radius 2 is 1.62 bits per heavy atom. The zero-order chi connectivity index (χ0) is 17.3. The van der Waals surface area contributed by atoms with Gasteiger partial charge in [0.2, 0.25) is 5.88 Å². The van der Waals surface area contributed by atoms with Gasteiger partial charge in [-0.05, 0) is 19.1 Å². The molecule has 0 fully saturated rings. The largest absolute Gasteiger partial charge is 0.481 e. The summed E-state index contributed by atoms with van der Waals surface area (Å²) in [4.78, 5) is 8.42. The molecule has 0 spiro atoms. The lowest BCUT2D eigenvalue weighted by Crippen LogP contribution is -1.94. The molecule has 0 aliphatic carbocycles. The number of hydrogen-bond donors (Lipinski definition) is 0. The number of pyridine rings is 2. The molecule has 6 heteroatoms. The van der Waals surface area contributed by atoms with Crippen LogP contribution in [0.3, 0.4) is 0 Å². The van der Waals surface area contributed by atoms with Gasteiger partial charge in [0, 0.05) is 28.5 Å². The van der Waals surface area contributed by atoms with Crippen LogP contribution in [-0.4, -0.2) is 17.1 Å². The van der Waals surface area contributed by atoms with Crippen LogP contribution < -0.4 is 4.74 Å². The highest BCUT2D eigenvalue weighted by molar-refractivity contribution is 6.43. The minimum absolute atomic E-state index is 0.233. The fourth-order valence-electron chi connectivity index (χ4n) is 2.36. The van der Waals surface area contributed by atoms with Crippen LogP contribution in [0.25, 0.3) is 22.4 Å². The van der Waals surface area contributed by atoms with Gasteiger partial charge in [0.05, 0.1) is 22.8 Å². The highest BCUT2D eigenvalue weighted by Gasteiger charge is 2.15. The average molecular weight is 379 g/mol. The molecule has 0 aliphatic rings. The summed E-state index contributed by atoms with van der Waals surface area (Å²) in [5.74, 6) is 0.457. The molecule has 0 aliphatic heterocycles. The summed E-state index contributed by atoms with van der Waals surface area (Å²) >= 11 is 18.9. The standard InChI is InChI=1S/C18H12Cl3N2O/c1-10-6-7-14(23-18(10)24-2)13-5-3-4-11(15(13)19)12-8-9-22-17(21)16(12)20/h3-9H,1H2,2H3. The molecular formula is C18H12Cl3N2O. The first-order chi connectivity index (χ1) is 11.5. The van der Waals surface area contributed by atoms with Crippen LogP contribution in [0.2, 0.25) is 15.2 Å². The second-order valence-corrected chi connectivity index (χ2v) is 6.11. The van der Waals surface area contributed by atoms with Crippen molar-refractivity contribution in [3.8, 4) is 28.3 Å². The second-order valence-electron chi connectivity index (χ2n) is 5.00. The van der Waals surface area contributed by atoms with Crippen molar-refractivity contribution >= 4 is 34.8 Å². The van der Waals surface area contributed by atoms with Crippen LogP contribution in [0.4, 0.5) is 0 Å². The Morgan fingerprint density at radius 3 is 2.38 bits per heavy atom. The topological polar surface area (TPSA) is 35.0 Å². The maximum Gasteiger partial charge on any atom is 0.216 e. The number of ether oxygens (including phenoxy) is 1. The number of nitrogens with zero attached hydrogens (tertiary/aromatic N) is 2. The van der Waals surface area contributed by atoms with Gasteiger partial charge in [-0.15, -0.1) is 0 Å². The third-order valence-electron chi connectivity index (χ3n) is 3.54. The zero-order valence-corrected chi connectivity index (χ0v) is 15.0. The summed E-state index contributed by atoms with van der Waals surface area (Å²) in [6.45, 7) is 3.88. The van der Waals surface area contributed by atoms with Gasteiger partial charge >= 0.3 is 0 Å². The minimum Gasteiger partial charge on any atom is -0.481 e. The molecule has 1 aromatic carbocycles. The van der Waals surface area contributed by atoms with Crippen molar-refractivity contribution in [2.24, 2.45) is 0 Å². The lowest BCUT2D eigenvalue weighted by Gasteiger charge is -2.12. The predicted molar refractivity (Wildman–Crippen MR) is 98.9 cm³/mol. The fourth-order valence-corrected chi connectivity index (χ4v) is 3.06. The molecular weight excluding hydrogens is 367 g/mol. The molecule has 0 bridgehead atoms. The normalized spacial score (nSPS) is 10.7. The SMILES string of the molecule is [CH2]c1ccc(-c2cccc(-c3ccnc(Cl)c3Cl)c2Cl)nc1OC. The molecule has 0 unspecified atom stereocenters. The average Bonchev–Trinajstić information content (AvgIpc) is 2.58. The first-order valence-electron chi connectivity index (χ1n) is 6.99. The summed E-state index contributed by atoms with van der Waals surface area (Å²) in [7, 11) is 1.55. The van der Waals surface area contributed by atoms with Crippen molar-refractivity contribution in [2.45, 2.75) is 0 Å². The van der Waals surface area contributed by atoms with Gasteiger partial charge in [-0.2, -0.15) is 0 Å². The first kappa shape index (κ1) is 17.0. The van der Waals surface area contributed by atoms with E-state index in [1.165, 1.54) is 0 Å². The van der Waals surface area contributed by atoms with Gasteiger partial charge in [0.1, 0.15) is 5.15 Å². The number of methoxy groups -OCH3 is 1. The summed E-state index contributed by atoms with van der Waals surface area (Å²) in [6, 6.07) is 11.1. The van der Waals surface area contributed by atoms with Crippen molar-refractivity contribution in [3.63, 3.8) is 0 Å². The Morgan fingerprint density at radius 1 is 0.917 bits per heavy atom. The number of halogens is 3. The molecule has 0 N–H and O–H groups in total. The van der Waals surface area contributed by atoms with Crippen molar-refractivity contribution in [2.75, 3.05) is 7.11 Å². The van der Waals surface area contributed by atoms with Gasteiger partial charge in [-0.1, -0.05) is 59.1 Å². The van der Waals surface area contributed by atoms with E-state index in [-0.39, 0.29) is 5.15 Å². The molecule has 3 nitrogen and oxygen atoms in total. The summed E-state index contributed by atoms with van der Waals surface area (Å²) in [5.41, 5.74) is 3.61. The monoisotopic (exact) mass is 377 g/mol. The maximum atomic E-state index is 6.62. The van der Waals surface area contributed by atoms with Crippen molar-refractivity contribution in [1.29, 1.82) is 0 Å². The molecule has 0 saturated heterocycles. The fraction of sp³-hybridized carbons (Fsp3) is 0.0556. The van der Waals surface area contributed by atoms with Crippen LogP contribution in [0, 0.1) is 6.92 Å². The van der Waals surface area contributed by atoms with E-state index in [1.54, 1.807) is 19.4 Å². The van der Waals surface area contributed by atoms with E-state index in [2.05, 4.69) is 16.9 Å². The van der Waals surface area contributed by atoms with Crippen LogP contribution in [0.1, 0.15) is 5.56 Å². The van der Waals surface area contributed by atoms with Gasteiger partial charge in [-0.25, -0.2) is 9.97 Å². The van der Waals surface area contributed by atoms with E-state index in [0.717, 1.165) is 11.1 Å². The number of rotatable bonds is 3. The molecule has 24 heavy (non-hydrogen) atoms. The Bertz CT molecular complexity index is 913. The third-order valence-corrected chi connectivity index (χ3v) is 4.72. The van der Waals surface area contributed by atoms with Gasteiger partial charge in [0.25, 0.3) is 0 Å². The molecule has 121 valence electrons. The summed E-state index contributed by atoms with van der Waals surface area (Å²) in [5, 5.41) is 1.11. The van der Waals surface area contributed by atoms with Crippen LogP contribution >= 0.6 is 34.8 Å². The Kier molecular flexibility index (Phi) is 4.95. The molecule has 2 heterocycles. The zero-order valence-electron chi connectivity index (χ0n) is 12.7. The molecule has 0 amide bonds. The lowest BCUT2D eigenvalue weighted by atomic mass is 10.0. The number of hydrogen-bond acceptors (Lipinski definition) is 3. The third kappa shape index (κ3) is 3.07. The van der Waals surface area contributed by atoms with Crippen LogP contribution in [0.15, 0.2) is 42.6 Å². The van der Waals surface area contributed by atoms with Gasteiger partial charge in [0.15, 0.2) is 0 Å². The van der Waals surface area contributed by atoms with Crippen LogP contribution in [-0.2, 0) is 0 Å². The lowest BCUT2D eigenvalue weighted by molar-refractivity contribution is 0.396. The molecule has 3 aromatic rings. The minimum atomic E-state index is 0.233. The maximum absolute atomic E-state index is 6.62. The van der Waals surface area contributed by atoms with Crippen LogP contribution in [0.5, 0.6) is 5.88 Å². The highest BCUT2D eigenvalue weighted by Crippen LogP contribution is 2.40. The Balaban J connectivity index is 2.17. The van der Waals surface area contributed by atoms with Gasteiger partial charge in [-0.3, -0.25) is 0 Å². The molecule has 2 aromatic heterocycles. The van der Waals surface area contributed by atoms with Crippen molar-refractivity contribution in [1.82, 2.24) is 9.97 Å². The Hall–Kier alpha value is -1.81. The van der Waals surface area contributed by atoms with Crippen molar-refractivity contribution in [3.05, 3.63) is 70.3 Å². The smallest absolute Gasteiger partial charge is 0.216 e. The van der Waals surface area contributed by atoms with E-state index in [4.69, 9.17) is 39.5 Å². The van der Waals surface area contributed by atoms with E-state index in [0.29, 0.717) is 32.7 Å². The molecule has 1 radical (unpaired) electrons. The van der Waals surface area contributed by atoms with E-state index in [1.807, 2.05) is 30.3 Å². The van der Waals surface area contributed by atoms with Crippen molar-refractivity contribution < 1.29 is 4.74 Å². The summed E-state index contributed by atoms with van der Waals surface area (Å²) < 4.78 is 5.23. The van der Waals surface area contributed by atoms with E-state index >= 15 is 0 Å². The number of benzene rings is 1. The predicted octanol–water partition coefficient (Wildman–Crippen LogP) is 5.96. The first-order valence-corrected chi connectivity index (χ1v) is 8.12. The molecule has 3 rings (SSSR count). The summed E-state index contributed by atoms with van der Waals surface area (Å²) in [6.07, 6.45) is 1.59. The highest BCUT2D eigenvalue weighted by atomic mass is 35.5.